The molecule has 1 N–H and O–H groups in total. The number of aromatic nitrogens is 2. The Morgan fingerprint density at radius 2 is 1.87 bits per heavy atom. The first-order valence-corrected chi connectivity index (χ1v) is 11.1. The maximum Gasteiger partial charge on any atom is 0.221 e. The first-order chi connectivity index (χ1) is 14.7. The molecule has 154 valence electrons. The van der Waals surface area contributed by atoms with Gasteiger partial charge in [0.05, 0.1) is 5.52 Å². The molecule has 0 unspecified atom stereocenters. The van der Waals surface area contributed by atoms with Crippen molar-refractivity contribution in [1.82, 2.24) is 15.3 Å². The molecular formula is C24H25ClN4O. The maximum absolute atomic E-state index is 12.4. The topological polar surface area (TPSA) is 58.1 Å². The van der Waals surface area contributed by atoms with E-state index >= 15 is 0 Å². The van der Waals surface area contributed by atoms with E-state index in [1.54, 1.807) is 0 Å². The lowest BCUT2D eigenvalue weighted by Gasteiger charge is -2.25. The first-order valence-electron chi connectivity index (χ1n) is 10.7. The summed E-state index contributed by atoms with van der Waals surface area (Å²) in [7, 11) is 0. The predicted octanol–water partition coefficient (Wildman–Crippen LogP) is 4.84. The molecule has 2 aliphatic carbocycles. The van der Waals surface area contributed by atoms with Crippen molar-refractivity contribution >= 4 is 34.2 Å². The highest BCUT2D eigenvalue weighted by Gasteiger charge is 2.29. The summed E-state index contributed by atoms with van der Waals surface area (Å²) in [5.74, 6) is 2.32. The van der Waals surface area contributed by atoms with Crippen LogP contribution < -0.4 is 10.2 Å². The Bertz CT molecular complexity index is 1060. The number of fused-ring (bicyclic) bond motifs is 1. The second kappa shape index (κ2) is 8.23. The molecule has 0 atom stereocenters. The van der Waals surface area contributed by atoms with E-state index in [1.165, 1.54) is 5.56 Å². The van der Waals surface area contributed by atoms with Gasteiger partial charge < -0.3 is 10.2 Å². The summed E-state index contributed by atoms with van der Waals surface area (Å²) in [6, 6.07) is 16.5. The van der Waals surface area contributed by atoms with Gasteiger partial charge in [-0.05, 0) is 49.4 Å². The minimum absolute atomic E-state index is 0.111. The zero-order chi connectivity index (χ0) is 20.5. The van der Waals surface area contributed by atoms with Gasteiger partial charge in [-0.3, -0.25) is 4.79 Å². The highest BCUT2D eigenvalue weighted by Crippen LogP contribution is 2.40. The number of nitrogens with zero attached hydrogens (tertiary/aromatic N) is 3. The van der Waals surface area contributed by atoms with Gasteiger partial charge in [-0.1, -0.05) is 41.9 Å². The van der Waals surface area contributed by atoms with Crippen LogP contribution in [-0.2, 0) is 11.3 Å². The number of anilines is 1. The van der Waals surface area contributed by atoms with Crippen molar-refractivity contribution in [3.8, 4) is 0 Å². The number of benzene rings is 2. The van der Waals surface area contributed by atoms with Crippen LogP contribution in [0.4, 0.5) is 5.82 Å². The van der Waals surface area contributed by atoms with Crippen LogP contribution in [-0.4, -0.2) is 28.5 Å². The average molecular weight is 421 g/mol. The van der Waals surface area contributed by atoms with Crippen LogP contribution in [0.1, 0.15) is 49.4 Å². The van der Waals surface area contributed by atoms with Gasteiger partial charge in [0.1, 0.15) is 11.6 Å². The molecule has 2 saturated carbocycles. The lowest BCUT2D eigenvalue weighted by Crippen LogP contribution is -2.32. The summed E-state index contributed by atoms with van der Waals surface area (Å²) >= 11 is 6.26. The van der Waals surface area contributed by atoms with Gasteiger partial charge in [0.15, 0.2) is 0 Å². The van der Waals surface area contributed by atoms with Crippen LogP contribution in [0, 0.1) is 0 Å². The summed E-state index contributed by atoms with van der Waals surface area (Å²) in [5.41, 5.74) is 2.06. The highest BCUT2D eigenvalue weighted by molar-refractivity contribution is 6.31. The number of nitrogens with one attached hydrogen (secondary N) is 1. The Labute approximate surface area is 181 Å². The lowest BCUT2D eigenvalue weighted by molar-refractivity contribution is -0.121. The fraction of sp³-hybridized carbons (Fsp3) is 0.375. The molecule has 2 aliphatic rings. The highest BCUT2D eigenvalue weighted by atomic mass is 35.5. The standard InChI is InChI=1S/C24H25ClN4O/c25-18-8-11-20-21(14-18)27-23(17-6-7-17)28-24(20)29(15-16-4-2-1-3-5-16)13-12-22(30)26-19-9-10-19/h1-5,8,11,14,17,19H,6-7,9-10,12-13,15H2,(H,26,30). The third kappa shape index (κ3) is 4.57. The van der Waals surface area contributed by atoms with E-state index < -0.39 is 0 Å². The predicted molar refractivity (Wildman–Crippen MR) is 120 cm³/mol. The van der Waals surface area contributed by atoms with Gasteiger partial charge in [-0.15, -0.1) is 0 Å². The van der Waals surface area contributed by atoms with Gasteiger partial charge in [0.2, 0.25) is 5.91 Å². The zero-order valence-electron chi connectivity index (χ0n) is 16.9. The molecule has 30 heavy (non-hydrogen) atoms. The number of hydrogen-bond donors (Lipinski definition) is 1. The molecule has 1 amide bonds. The van der Waals surface area contributed by atoms with E-state index in [9.17, 15) is 4.79 Å². The Hall–Kier alpha value is -2.66. The molecule has 3 aromatic rings. The van der Waals surface area contributed by atoms with Crippen LogP contribution in [0.25, 0.3) is 10.9 Å². The van der Waals surface area contributed by atoms with Crippen molar-refractivity contribution in [2.75, 3.05) is 11.4 Å². The lowest BCUT2D eigenvalue weighted by atomic mass is 10.1. The number of carbonyl (C=O) groups is 1. The van der Waals surface area contributed by atoms with Crippen LogP contribution >= 0.6 is 11.6 Å². The molecule has 5 nitrogen and oxygen atoms in total. The number of halogens is 1. The minimum atomic E-state index is 0.111. The summed E-state index contributed by atoms with van der Waals surface area (Å²) in [6.07, 6.45) is 4.91. The molecule has 1 heterocycles. The SMILES string of the molecule is O=C(CCN(Cc1ccccc1)c1nc(C2CC2)nc2cc(Cl)ccc12)NC1CC1. The number of carbonyl (C=O) groups excluding carboxylic acids is 1. The summed E-state index contributed by atoms with van der Waals surface area (Å²) in [4.78, 5) is 24.4. The summed E-state index contributed by atoms with van der Waals surface area (Å²) in [6.45, 7) is 1.29. The third-order valence-corrected chi connectivity index (χ3v) is 5.90. The van der Waals surface area contributed by atoms with E-state index in [4.69, 9.17) is 21.6 Å². The largest absolute Gasteiger partial charge is 0.353 e. The van der Waals surface area contributed by atoms with E-state index in [2.05, 4.69) is 22.3 Å². The van der Waals surface area contributed by atoms with Crippen LogP contribution in [0.5, 0.6) is 0 Å². The summed E-state index contributed by atoms with van der Waals surface area (Å²) in [5, 5.41) is 4.74. The fourth-order valence-electron chi connectivity index (χ4n) is 3.70. The molecule has 2 fully saturated rings. The van der Waals surface area contributed by atoms with Gasteiger partial charge in [0, 0.05) is 41.9 Å². The molecular weight excluding hydrogens is 396 g/mol. The van der Waals surface area contributed by atoms with Crippen molar-refractivity contribution in [3.05, 3.63) is 64.9 Å². The molecule has 2 aromatic carbocycles. The van der Waals surface area contributed by atoms with E-state index in [0.717, 1.165) is 48.2 Å². The molecule has 1 aromatic heterocycles. The maximum atomic E-state index is 12.4. The van der Waals surface area contributed by atoms with Crippen molar-refractivity contribution in [1.29, 1.82) is 0 Å². The molecule has 6 heteroatoms. The average Bonchev–Trinajstić information content (AvgIpc) is 3.65. The minimum Gasteiger partial charge on any atom is -0.353 e. The van der Waals surface area contributed by atoms with Gasteiger partial charge in [0.25, 0.3) is 0 Å². The van der Waals surface area contributed by atoms with Crippen LogP contribution in [0.15, 0.2) is 48.5 Å². The molecule has 0 aliphatic heterocycles. The van der Waals surface area contributed by atoms with Crippen LogP contribution in [0.2, 0.25) is 5.02 Å². The van der Waals surface area contributed by atoms with Gasteiger partial charge in [-0.25, -0.2) is 9.97 Å². The number of hydrogen-bond acceptors (Lipinski definition) is 4. The normalized spacial score (nSPS) is 15.9. The molecule has 0 spiro atoms. The fourth-order valence-corrected chi connectivity index (χ4v) is 3.86. The monoisotopic (exact) mass is 420 g/mol. The third-order valence-electron chi connectivity index (χ3n) is 5.67. The Morgan fingerprint density at radius 1 is 1.07 bits per heavy atom. The molecule has 0 radical (unpaired) electrons. The Kier molecular flexibility index (Phi) is 5.30. The van der Waals surface area contributed by atoms with Gasteiger partial charge >= 0.3 is 0 Å². The van der Waals surface area contributed by atoms with E-state index in [-0.39, 0.29) is 5.91 Å². The summed E-state index contributed by atoms with van der Waals surface area (Å²) < 4.78 is 0. The van der Waals surface area contributed by atoms with Crippen molar-refractivity contribution in [3.63, 3.8) is 0 Å². The molecule has 0 bridgehead atoms. The number of amides is 1. The van der Waals surface area contributed by atoms with Crippen LogP contribution in [0.3, 0.4) is 0 Å². The first kappa shape index (κ1) is 19.3. The second-order valence-electron chi connectivity index (χ2n) is 8.34. The van der Waals surface area contributed by atoms with E-state index in [1.807, 2.05) is 36.4 Å². The Morgan fingerprint density at radius 3 is 2.60 bits per heavy atom. The van der Waals surface area contributed by atoms with Crippen molar-refractivity contribution in [2.45, 2.75) is 50.6 Å². The second-order valence-corrected chi connectivity index (χ2v) is 8.78. The molecule has 0 saturated heterocycles. The van der Waals surface area contributed by atoms with E-state index in [0.29, 0.717) is 36.5 Å². The number of rotatable bonds is 8. The zero-order valence-corrected chi connectivity index (χ0v) is 17.6. The van der Waals surface area contributed by atoms with Crippen molar-refractivity contribution < 1.29 is 4.79 Å². The van der Waals surface area contributed by atoms with Gasteiger partial charge in [-0.2, -0.15) is 0 Å². The molecule has 5 rings (SSSR count). The van der Waals surface area contributed by atoms with Crippen molar-refractivity contribution in [2.24, 2.45) is 0 Å². The smallest absolute Gasteiger partial charge is 0.221 e. The quantitative estimate of drug-likeness (QED) is 0.566. The Balaban J connectivity index is 1.49.